The Balaban J connectivity index is 1.53. The molecule has 0 aliphatic carbocycles. The molecule has 1 heterocycles. The first kappa shape index (κ1) is 23.9. The molecule has 3 aromatic rings. The van der Waals surface area contributed by atoms with E-state index in [0.717, 1.165) is 0 Å². The van der Waals surface area contributed by atoms with Crippen LogP contribution in [0.4, 0.5) is 5.69 Å². The number of hydrogen-bond acceptors (Lipinski definition) is 6. The Morgan fingerprint density at radius 3 is 2.35 bits per heavy atom. The quantitative estimate of drug-likeness (QED) is 0.231. The van der Waals surface area contributed by atoms with E-state index in [1.807, 2.05) is 6.92 Å². The highest BCUT2D eigenvalue weighted by molar-refractivity contribution is 8.18. The Morgan fingerprint density at radius 1 is 1.00 bits per heavy atom. The molecule has 0 saturated carbocycles. The fourth-order valence-electron chi connectivity index (χ4n) is 2.98. The van der Waals surface area contributed by atoms with E-state index in [1.165, 1.54) is 11.8 Å². The molecule has 172 valence electrons. The molecule has 0 unspecified atom stereocenters. The molecule has 0 aromatic heterocycles. The van der Waals surface area contributed by atoms with Gasteiger partial charge in [-0.25, -0.2) is 9.79 Å². The number of thioether (sulfide) groups is 1. The Morgan fingerprint density at radius 2 is 1.68 bits per heavy atom. The highest BCUT2D eigenvalue weighted by Gasteiger charge is 2.24. The van der Waals surface area contributed by atoms with E-state index in [4.69, 9.17) is 32.7 Å². The van der Waals surface area contributed by atoms with Crippen molar-refractivity contribution < 1.29 is 19.1 Å². The number of esters is 1. The molecule has 0 bridgehead atoms. The summed E-state index contributed by atoms with van der Waals surface area (Å²) in [6.07, 6.45) is 1.72. The molecule has 1 amide bonds. The van der Waals surface area contributed by atoms with E-state index in [2.05, 4.69) is 10.3 Å². The predicted molar refractivity (Wildman–Crippen MR) is 136 cm³/mol. The van der Waals surface area contributed by atoms with Crippen molar-refractivity contribution in [3.8, 4) is 11.5 Å². The lowest BCUT2D eigenvalue weighted by Gasteiger charge is -2.11. The largest absolute Gasteiger partial charge is 0.490 e. The lowest BCUT2D eigenvalue weighted by molar-refractivity contribution is -0.115. The van der Waals surface area contributed by atoms with Gasteiger partial charge in [-0.1, -0.05) is 29.3 Å². The summed E-state index contributed by atoms with van der Waals surface area (Å²) < 4.78 is 11.2. The molecule has 1 aliphatic rings. The SMILES string of the molecule is CCOc1cc(/C=C2\SC(=Nc3ccc(Cl)cc3)NC2=O)ccc1OC(=O)c1ccc(Cl)cc1. The molecule has 1 fully saturated rings. The Bertz CT molecular complexity index is 1290. The molecule has 3 aromatic carbocycles. The second-order valence-corrected chi connectivity index (χ2v) is 8.90. The summed E-state index contributed by atoms with van der Waals surface area (Å²) in [4.78, 5) is 29.8. The lowest BCUT2D eigenvalue weighted by Crippen LogP contribution is -2.19. The van der Waals surface area contributed by atoms with Gasteiger partial charge in [-0.2, -0.15) is 0 Å². The maximum atomic E-state index is 12.5. The fourth-order valence-corrected chi connectivity index (χ4v) is 4.07. The van der Waals surface area contributed by atoms with E-state index in [9.17, 15) is 9.59 Å². The molecular weight excluding hydrogens is 495 g/mol. The third-order valence-electron chi connectivity index (χ3n) is 4.56. The number of hydrogen-bond donors (Lipinski definition) is 1. The van der Waals surface area contributed by atoms with Crippen LogP contribution in [0.1, 0.15) is 22.8 Å². The van der Waals surface area contributed by atoms with Crippen molar-refractivity contribution in [3.05, 3.63) is 92.8 Å². The third kappa shape index (κ3) is 5.99. The number of amidine groups is 1. The Hall–Kier alpha value is -3.26. The number of rotatable bonds is 6. The van der Waals surface area contributed by atoms with Crippen molar-refractivity contribution in [2.75, 3.05) is 6.61 Å². The van der Waals surface area contributed by atoms with Crippen LogP contribution >= 0.6 is 35.0 Å². The highest BCUT2D eigenvalue weighted by Crippen LogP contribution is 2.33. The molecule has 6 nitrogen and oxygen atoms in total. The van der Waals surface area contributed by atoms with Gasteiger partial charge in [-0.05, 0) is 91.0 Å². The number of ether oxygens (including phenoxy) is 2. The normalized spacial score (nSPS) is 15.4. The topological polar surface area (TPSA) is 77.0 Å². The van der Waals surface area contributed by atoms with Crippen molar-refractivity contribution in [1.29, 1.82) is 0 Å². The standard InChI is InChI=1S/C25H18Cl2N2O4S/c1-2-32-21-13-15(3-12-20(21)33-24(31)16-4-6-17(26)7-5-16)14-22-23(30)29-25(34-22)28-19-10-8-18(27)9-11-19/h3-14H,2H2,1H3,(H,28,29,30)/b22-14-. The summed E-state index contributed by atoms with van der Waals surface area (Å²) in [6, 6.07) is 18.5. The van der Waals surface area contributed by atoms with Crippen LogP contribution in [0.25, 0.3) is 6.08 Å². The van der Waals surface area contributed by atoms with Crippen molar-refractivity contribution in [1.82, 2.24) is 5.32 Å². The first-order chi connectivity index (χ1) is 16.4. The van der Waals surface area contributed by atoms with E-state index < -0.39 is 5.97 Å². The highest BCUT2D eigenvalue weighted by atomic mass is 35.5. The van der Waals surface area contributed by atoms with Gasteiger partial charge in [0.05, 0.1) is 22.8 Å². The molecule has 34 heavy (non-hydrogen) atoms. The molecule has 1 N–H and O–H groups in total. The molecule has 1 saturated heterocycles. The van der Waals surface area contributed by atoms with Gasteiger partial charge in [-0.15, -0.1) is 0 Å². The molecule has 0 spiro atoms. The van der Waals surface area contributed by atoms with Crippen LogP contribution in [0.15, 0.2) is 76.6 Å². The maximum absolute atomic E-state index is 12.5. The van der Waals surface area contributed by atoms with Gasteiger partial charge >= 0.3 is 5.97 Å². The molecule has 1 aliphatic heterocycles. The zero-order valence-electron chi connectivity index (χ0n) is 17.9. The number of aliphatic imine (C=N–C) groups is 1. The van der Waals surface area contributed by atoms with Gasteiger partial charge in [-0.3, -0.25) is 4.79 Å². The van der Waals surface area contributed by atoms with Gasteiger partial charge in [0.15, 0.2) is 16.7 Å². The molecular formula is C25H18Cl2N2O4S. The van der Waals surface area contributed by atoms with Crippen LogP contribution in [0.3, 0.4) is 0 Å². The smallest absolute Gasteiger partial charge is 0.343 e. The van der Waals surface area contributed by atoms with E-state index in [-0.39, 0.29) is 11.7 Å². The number of carbonyl (C=O) groups excluding carboxylic acids is 2. The maximum Gasteiger partial charge on any atom is 0.343 e. The number of carbonyl (C=O) groups is 2. The second kappa shape index (κ2) is 10.8. The van der Waals surface area contributed by atoms with Crippen LogP contribution in [-0.2, 0) is 4.79 Å². The van der Waals surface area contributed by atoms with Gasteiger partial charge in [0.25, 0.3) is 5.91 Å². The average molecular weight is 513 g/mol. The number of nitrogens with one attached hydrogen (secondary N) is 1. The van der Waals surface area contributed by atoms with E-state index >= 15 is 0 Å². The third-order valence-corrected chi connectivity index (χ3v) is 5.97. The summed E-state index contributed by atoms with van der Waals surface area (Å²) in [7, 11) is 0. The van der Waals surface area contributed by atoms with Crippen LogP contribution in [0.5, 0.6) is 11.5 Å². The minimum atomic E-state index is -0.530. The molecule has 0 radical (unpaired) electrons. The van der Waals surface area contributed by atoms with Gasteiger partial charge in [0.2, 0.25) is 0 Å². The first-order valence-electron chi connectivity index (χ1n) is 10.2. The van der Waals surface area contributed by atoms with Crippen LogP contribution in [-0.4, -0.2) is 23.7 Å². The summed E-state index contributed by atoms with van der Waals surface area (Å²) in [5.74, 6) is -0.124. The summed E-state index contributed by atoms with van der Waals surface area (Å²) >= 11 is 13.0. The Labute approximate surface area is 210 Å². The summed E-state index contributed by atoms with van der Waals surface area (Å²) in [5.41, 5.74) is 1.75. The minimum absolute atomic E-state index is 0.256. The van der Waals surface area contributed by atoms with Crippen LogP contribution in [0.2, 0.25) is 10.0 Å². The van der Waals surface area contributed by atoms with Crippen molar-refractivity contribution in [2.45, 2.75) is 6.92 Å². The molecule has 9 heteroatoms. The number of halogens is 2. The number of nitrogens with zero attached hydrogens (tertiary/aromatic N) is 1. The average Bonchev–Trinajstić information content (AvgIpc) is 3.16. The van der Waals surface area contributed by atoms with E-state index in [1.54, 1.807) is 72.8 Å². The number of benzene rings is 3. The van der Waals surface area contributed by atoms with E-state index in [0.29, 0.717) is 49.3 Å². The monoisotopic (exact) mass is 512 g/mol. The van der Waals surface area contributed by atoms with Crippen molar-refractivity contribution in [2.24, 2.45) is 4.99 Å². The van der Waals surface area contributed by atoms with Crippen LogP contribution < -0.4 is 14.8 Å². The number of amides is 1. The predicted octanol–water partition coefficient (Wildman–Crippen LogP) is 6.50. The summed E-state index contributed by atoms with van der Waals surface area (Å²) in [6.45, 7) is 2.20. The second-order valence-electron chi connectivity index (χ2n) is 6.99. The summed E-state index contributed by atoms with van der Waals surface area (Å²) in [5, 5.41) is 4.36. The first-order valence-corrected chi connectivity index (χ1v) is 11.8. The van der Waals surface area contributed by atoms with Gasteiger partial charge in [0.1, 0.15) is 0 Å². The van der Waals surface area contributed by atoms with Crippen molar-refractivity contribution in [3.63, 3.8) is 0 Å². The van der Waals surface area contributed by atoms with Gasteiger partial charge < -0.3 is 14.8 Å². The van der Waals surface area contributed by atoms with Crippen LogP contribution in [0, 0.1) is 0 Å². The lowest BCUT2D eigenvalue weighted by atomic mass is 10.1. The molecule has 0 atom stereocenters. The van der Waals surface area contributed by atoms with Gasteiger partial charge in [0, 0.05) is 10.0 Å². The zero-order chi connectivity index (χ0) is 24.1. The zero-order valence-corrected chi connectivity index (χ0v) is 20.2. The fraction of sp³-hybridized carbons (Fsp3) is 0.0800. The van der Waals surface area contributed by atoms with Crippen molar-refractivity contribution >= 4 is 63.8 Å². The Kier molecular flexibility index (Phi) is 7.57. The minimum Gasteiger partial charge on any atom is -0.490 e. The molecule has 4 rings (SSSR count).